The first-order valence-corrected chi connectivity index (χ1v) is 12.6. The molecule has 2 amide bonds. The van der Waals surface area contributed by atoms with E-state index in [2.05, 4.69) is 34.9 Å². The molecular formula is C28H30N2O5. The number of hydrogen-bond donors (Lipinski definition) is 3. The van der Waals surface area contributed by atoms with Gasteiger partial charge in [0.05, 0.1) is 11.3 Å². The second-order valence-electron chi connectivity index (χ2n) is 10.6. The zero-order chi connectivity index (χ0) is 24.2. The van der Waals surface area contributed by atoms with Gasteiger partial charge in [0, 0.05) is 18.0 Å². The summed E-state index contributed by atoms with van der Waals surface area (Å²) in [5.41, 5.74) is 4.06. The molecule has 35 heavy (non-hydrogen) atoms. The van der Waals surface area contributed by atoms with E-state index in [4.69, 9.17) is 4.74 Å². The van der Waals surface area contributed by atoms with Crippen LogP contribution in [0.5, 0.6) is 0 Å². The lowest BCUT2D eigenvalue weighted by Gasteiger charge is -2.24. The van der Waals surface area contributed by atoms with Crippen molar-refractivity contribution in [1.82, 2.24) is 10.6 Å². The number of benzene rings is 2. The molecule has 182 valence electrons. The number of hydrogen-bond acceptors (Lipinski definition) is 4. The fraction of sp³-hybridized carbons (Fsp3) is 0.464. The summed E-state index contributed by atoms with van der Waals surface area (Å²) in [4.78, 5) is 37.3. The van der Waals surface area contributed by atoms with Gasteiger partial charge in [0.15, 0.2) is 0 Å². The van der Waals surface area contributed by atoms with Crippen LogP contribution in [0.3, 0.4) is 0 Å². The Labute approximate surface area is 204 Å². The molecule has 2 aromatic carbocycles. The Balaban J connectivity index is 1.05. The number of alkyl carbamates (subject to hydrolysis) is 1. The van der Waals surface area contributed by atoms with Gasteiger partial charge in [-0.05, 0) is 60.3 Å². The highest BCUT2D eigenvalue weighted by molar-refractivity contribution is 5.83. The number of carboxylic acids is 1. The van der Waals surface area contributed by atoms with Crippen LogP contribution in [0, 0.1) is 17.3 Å². The molecule has 6 rings (SSSR count). The first kappa shape index (κ1) is 22.1. The average Bonchev–Trinajstić information content (AvgIpc) is 3.17. The van der Waals surface area contributed by atoms with Crippen LogP contribution in [0.4, 0.5) is 4.79 Å². The molecule has 0 saturated heterocycles. The summed E-state index contributed by atoms with van der Waals surface area (Å²) >= 11 is 0. The van der Waals surface area contributed by atoms with Crippen LogP contribution in [-0.2, 0) is 14.3 Å². The van der Waals surface area contributed by atoms with Crippen LogP contribution in [0.25, 0.3) is 11.1 Å². The monoisotopic (exact) mass is 474 g/mol. The van der Waals surface area contributed by atoms with Crippen LogP contribution >= 0.6 is 0 Å². The molecule has 0 bridgehead atoms. The van der Waals surface area contributed by atoms with E-state index in [9.17, 15) is 19.5 Å². The van der Waals surface area contributed by atoms with Gasteiger partial charge < -0.3 is 20.5 Å². The molecule has 4 aliphatic rings. The summed E-state index contributed by atoms with van der Waals surface area (Å²) in [5, 5.41) is 15.5. The van der Waals surface area contributed by atoms with Crippen molar-refractivity contribution in [2.45, 2.75) is 56.5 Å². The normalized spacial score (nSPS) is 30.2. The third kappa shape index (κ3) is 3.77. The van der Waals surface area contributed by atoms with Crippen molar-refractivity contribution in [3.63, 3.8) is 0 Å². The van der Waals surface area contributed by atoms with E-state index >= 15 is 0 Å². The predicted octanol–water partition coefficient (Wildman–Crippen LogP) is 4.06. The van der Waals surface area contributed by atoms with Gasteiger partial charge in [-0.3, -0.25) is 9.59 Å². The maximum atomic E-state index is 13.0. The standard InChI is InChI=1S/C28H30N2O5/c31-25(29-17-12-16-13-28(16,14-17)26(32)33)22-10-5-11-24(22)30-27(34)35-15-23-20-8-3-1-6-18(20)19-7-2-4-9-21(19)23/h1-4,6-9,16-17,22-24H,5,10-15H2,(H,29,31)(H,30,34)(H,32,33)/t16-,17+,22?,24?,28+/m0/s1. The zero-order valence-electron chi connectivity index (χ0n) is 19.5. The van der Waals surface area contributed by atoms with E-state index < -0.39 is 17.5 Å². The summed E-state index contributed by atoms with van der Waals surface area (Å²) < 4.78 is 5.68. The molecule has 2 aromatic rings. The van der Waals surface area contributed by atoms with Crippen LogP contribution in [0.15, 0.2) is 48.5 Å². The molecule has 3 saturated carbocycles. The minimum Gasteiger partial charge on any atom is -0.481 e. The summed E-state index contributed by atoms with van der Waals surface area (Å²) in [7, 11) is 0. The van der Waals surface area contributed by atoms with Gasteiger partial charge in [-0.15, -0.1) is 0 Å². The molecule has 3 N–H and O–H groups in total. The van der Waals surface area contributed by atoms with Crippen molar-refractivity contribution in [3.8, 4) is 11.1 Å². The molecule has 0 spiro atoms. The van der Waals surface area contributed by atoms with E-state index in [-0.39, 0.29) is 42.4 Å². The van der Waals surface area contributed by atoms with Crippen molar-refractivity contribution in [2.24, 2.45) is 17.3 Å². The van der Waals surface area contributed by atoms with Gasteiger partial charge in [0.2, 0.25) is 5.91 Å². The lowest BCUT2D eigenvalue weighted by molar-refractivity contribution is -0.144. The lowest BCUT2D eigenvalue weighted by atomic mass is 9.98. The maximum absolute atomic E-state index is 13.0. The Kier molecular flexibility index (Phi) is 5.31. The summed E-state index contributed by atoms with van der Waals surface area (Å²) in [5.74, 6) is -0.962. The molecule has 2 unspecified atom stereocenters. The van der Waals surface area contributed by atoms with E-state index in [1.807, 2.05) is 24.3 Å². The molecule has 7 nitrogen and oxygen atoms in total. The van der Waals surface area contributed by atoms with Gasteiger partial charge >= 0.3 is 12.1 Å². The molecule has 4 aliphatic carbocycles. The minimum atomic E-state index is -0.741. The molecular weight excluding hydrogens is 444 g/mol. The van der Waals surface area contributed by atoms with Crippen molar-refractivity contribution in [2.75, 3.05) is 6.61 Å². The number of fused-ring (bicyclic) bond motifs is 4. The molecule has 0 aromatic heterocycles. The second kappa shape index (κ2) is 8.40. The largest absolute Gasteiger partial charge is 0.481 e. The Hall–Kier alpha value is -3.35. The first-order valence-electron chi connectivity index (χ1n) is 12.6. The quantitative estimate of drug-likeness (QED) is 0.586. The highest BCUT2D eigenvalue weighted by Crippen LogP contribution is 2.63. The molecule has 3 fully saturated rings. The number of rotatable bonds is 6. The summed E-state index contributed by atoms with van der Waals surface area (Å²) in [6.45, 7) is 0.240. The predicted molar refractivity (Wildman–Crippen MR) is 129 cm³/mol. The average molecular weight is 475 g/mol. The number of nitrogens with one attached hydrogen (secondary N) is 2. The van der Waals surface area contributed by atoms with Gasteiger partial charge in [0.1, 0.15) is 6.61 Å². The van der Waals surface area contributed by atoms with Gasteiger partial charge in [-0.1, -0.05) is 55.0 Å². The number of carbonyl (C=O) groups is 3. The number of aliphatic carboxylic acids is 1. The van der Waals surface area contributed by atoms with Crippen LogP contribution < -0.4 is 10.6 Å². The van der Waals surface area contributed by atoms with E-state index in [1.165, 1.54) is 11.1 Å². The Morgan fingerprint density at radius 2 is 1.63 bits per heavy atom. The minimum absolute atomic E-state index is 0.00817. The maximum Gasteiger partial charge on any atom is 0.407 e. The number of carbonyl (C=O) groups excluding carboxylic acids is 2. The van der Waals surface area contributed by atoms with Crippen molar-refractivity contribution >= 4 is 18.0 Å². The number of amides is 2. The van der Waals surface area contributed by atoms with Gasteiger partial charge in [-0.2, -0.15) is 0 Å². The second-order valence-corrected chi connectivity index (χ2v) is 10.6. The highest BCUT2D eigenvalue weighted by Gasteiger charge is 2.65. The van der Waals surface area contributed by atoms with Gasteiger partial charge in [0.25, 0.3) is 0 Å². The van der Waals surface area contributed by atoms with Crippen molar-refractivity contribution in [3.05, 3.63) is 59.7 Å². The van der Waals surface area contributed by atoms with Crippen LogP contribution in [-0.4, -0.2) is 41.8 Å². The Morgan fingerprint density at radius 1 is 0.943 bits per heavy atom. The highest BCUT2D eigenvalue weighted by atomic mass is 16.5. The van der Waals surface area contributed by atoms with E-state index in [0.717, 1.165) is 36.8 Å². The summed E-state index contributed by atoms with van der Waals surface area (Å²) in [6, 6.07) is 16.1. The topological polar surface area (TPSA) is 105 Å². The lowest BCUT2D eigenvalue weighted by Crippen LogP contribution is -2.46. The smallest absolute Gasteiger partial charge is 0.407 e. The Bertz CT molecular complexity index is 1150. The number of carboxylic acid groups (broad SMARTS) is 1. The summed E-state index contributed by atoms with van der Waals surface area (Å²) in [6.07, 6.45) is 3.77. The van der Waals surface area contributed by atoms with Crippen molar-refractivity contribution in [1.29, 1.82) is 0 Å². The van der Waals surface area contributed by atoms with Crippen LogP contribution in [0.1, 0.15) is 55.6 Å². The van der Waals surface area contributed by atoms with Crippen molar-refractivity contribution < 1.29 is 24.2 Å². The molecule has 7 heteroatoms. The molecule has 5 atom stereocenters. The number of ether oxygens (including phenoxy) is 1. The Morgan fingerprint density at radius 3 is 2.29 bits per heavy atom. The first-order chi connectivity index (χ1) is 17.0. The molecule has 0 radical (unpaired) electrons. The van der Waals surface area contributed by atoms with Gasteiger partial charge in [-0.25, -0.2) is 4.79 Å². The third-order valence-electron chi connectivity index (χ3n) is 8.68. The zero-order valence-corrected chi connectivity index (χ0v) is 19.5. The molecule has 0 aliphatic heterocycles. The third-order valence-corrected chi connectivity index (χ3v) is 8.68. The fourth-order valence-corrected chi connectivity index (χ4v) is 6.81. The molecule has 0 heterocycles. The fourth-order valence-electron chi connectivity index (χ4n) is 6.81. The van der Waals surface area contributed by atoms with E-state index in [1.54, 1.807) is 0 Å². The van der Waals surface area contributed by atoms with Crippen LogP contribution in [0.2, 0.25) is 0 Å². The SMILES string of the molecule is O=C(NC1CCCC1C(=O)N[C@@H]1C[C@H]2C[C@@]2(C(=O)O)C1)OCC1c2ccccc2-c2ccccc21. The van der Waals surface area contributed by atoms with E-state index in [0.29, 0.717) is 12.8 Å².